The van der Waals surface area contributed by atoms with Gasteiger partial charge < -0.3 is 9.73 Å². The van der Waals surface area contributed by atoms with Crippen LogP contribution in [0.4, 0.5) is 13.2 Å². The summed E-state index contributed by atoms with van der Waals surface area (Å²) < 4.78 is 41.1. The predicted octanol–water partition coefficient (Wildman–Crippen LogP) is 1.72. The van der Waals surface area contributed by atoms with Crippen molar-refractivity contribution in [2.45, 2.75) is 19.6 Å². The van der Waals surface area contributed by atoms with Crippen LogP contribution in [0, 0.1) is 6.92 Å². The van der Waals surface area contributed by atoms with E-state index in [2.05, 4.69) is 14.7 Å². The van der Waals surface area contributed by atoms with Gasteiger partial charge >= 0.3 is 6.18 Å². The fourth-order valence-corrected chi connectivity index (χ4v) is 0.979. The zero-order valence-electron chi connectivity index (χ0n) is 7.20. The fourth-order valence-electron chi connectivity index (χ4n) is 0.979. The number of aromatic nitrogens is 1. The molecule has 0 aromatic carbocycles. The maximum Gasteiger partial charge on any atom is 0.451 e. The molecular weight excluding hydrogens is 185 g/mol. The highest BCUT2D eigenvalue weighted by Crippen LogP contribution is 2.32. The Labute approximate surface area is 73.0 Å². The molecule has 0 aliphatic rings. The van der Waals surface area contributed by atoms with Crippen LogP contribution in [0.2, 0.25) is 0 Å². The Morgan fingerprint density at radius 1 is 1.46 bits per heavy atom. The number of hydrogen-bond donors (Lipinski definition) is 1. The highest BCUT2D eigenvalue weighted by Gasteiger charge is 2.38. The second kappa shape index (κ2) is 3.37. The van der Waals surface area contributed by atoms with Gasteiger partial charge in [-0.3, -0.25) is 0 Å². The van der Waals surface area contributed by atoms with E-state index in [1.165, 1.54) is 6.92 Å². The van der Waals surface area contributed by atoms with Crippen LogP contribution in [0.5, 0.6) is 0 Å². The van der Waals surface area contributed by atoms with E-state index in [0.717, 1.165) is 0 Å². The van der Waals surface area contributed by atoms with Crippen LogP contribution < -0.4 is 5.32 Å². The Hall–Kier alpha value is -1.04. The van der Waals surface area contributed by atoms with Crippen molar-refractivity contribution in [2.75, 3.05) is 7.05 Å². The van der Waals surface area contributed by atoms with Crippen LogP contribution in [0.25, 0.3) is 0 Å². The minimum Gasteiger partial charge on any atom is -0.436 e. The molecule has 0 bridgehead atoms. The molecule has 1 heterocycles. The Bertz CT molecular complexity index is 292. The highest BCUT2D eigenvalue weighted by molar-refractivity contribution is 5.12. The summed E-state index contributed by atoms with van der Waals surface area (Å²) >= 11 is 0. The third-order valence-electron chi connectivity index (χ3n) is 1.41. The molecule has 1 aromatic rings. The van der Waals surface area contributed by atoms with Gasteiger partial charge in [0.15, 0.2) is 5.89 Å². The predicted molar refractivity (Wildman–Crippen MR) is 39.0 cm³/mol. The second-order valence-electron chi connectivity index (χ2n) is 2.54. The molecule has 0 atom stereocenters. The molecule has 0 aliphatic heterocycles. The van der Waals surface area contributed by atoms with E-state index in [-0.39, 0.29) is 18.1 Å². The summed E-state index contributed by atoms with van der Waals surface area (Å²) in [7, 11) is 1.55. The van der Waals surface area contributed by atoms with E-state index in [4.69, 9.17) is 0 Å². The van der Waals surface area contributed by atoms with Crippen molar-refractivity contribution in [3.05, 3.63) is 17.3 Å². The molecule has 1 rings (SSSR count). The molecule has 1 N–H and O–H groups in total. The maximum atomic E-state index is 12.2. The summed E-state index contributed by atoms with van der Waals surface area (Å²) in [5.74, 6) is -0.989. The third kappa shape index (κ3) is 2.21. The molecule has 1 aromatic heterocycles. The van der Waals surface area contributed by atoms with Crippen molar-refractivity contribution in [2.24, 2.45) is 0 Å². The Balaban J connectivity index is 3.04. The van der Waals surface area contributed by atoms with Gasteiger partial charge in [-0.1, -0.05) is 0 Å². The van der Waals surface area contributed by atoms with E-state index in [1.807, 2.05) is 0 Å². The van der Waals surface area contributed by atoms with Gasteiger partial charge in [-0.25, -0.2) is 4.98 Å². The van der Waals surface area contributed by atoms with E-state index >= 15 is 0 Å². The van der Waals surface area contributed by atoms with E-state index in [9.17, 15) is 13.2 Å². The number of oxazole rings is 1. The standard InChI is InChI=1S/C7H9F3N2O/c1-4-12-5(3-11-2)6(13-4)7(8,9)10/h11H,3H2,1-2H3. The van der Waals surface area contributed by atoms with Crippen molar-refractivity contribution < 1.29 is 17.6 Å². The summed E-state index contributed by atoms with van der Waals surface area (Å²) in [5.41, 5.74) is -0.104. The van der Waals surface area contributed by atoms with Gasteiger partial charge in [-0.05, 0) is 7.05 Å². The van der Waals surface area contributed by atoms with Crippen LogP contribution in [-0.4, -0.2) is 12.0 Å². The lowest BCUT2D eigenvalue weighted by Crippen LogP contribution is -2.12. The SMILES string of the molecule is CNCc1nc(C)oc1C(F)(F)F. The first-order chi connectivity index (χ1) is 5.95. The summed E-state index contributed by atoms with van der Waals surface area (Å²) in [4.78, 5) is 3.62. The van der Waals surface area contributed by atoms with Gasteiger partial charge in [-0.15, -0.1) is 0 Å². The number of nitrogens with one attached hydrogen (secondary N) is 1. The van der Waals surface area contributed by atoms with Gasteiger partial charge in [0.1, 0.15) is 5.69 Å². The monoisotopic (exact) mass is 194 g/mol. The molecule has 0 saturated carbocycles. The summed E-state index contributed by atoms with van der Waals surface area (Å²) in [6.07, 6.45) is -4.46. The van der Waals surface area contributed by atoms with E-state index in [1.54, 1.807) is 7.05 Å². The second-order valence-corrected chi connectivity index (χ2v) is 2.54. The lowest BCUT2D eigenvalue weighted by Gasteiger charge is -2.03. The minimum atomic E-state index is -4.46. The van der Waals surface area contributed by atoms with Gasteiger partial charge in [0.05, 0.1) is 0 Å². The zero-order valence-corrected chi connectivity index (χ0v) is 7.20. The Kier molecular flexibility index (Phi) is 2.60. The van der Waals surface area contributed by atoms with Gasteiger partial charge in [0.25, 0.3) is 0 Å². The third-order valence-corrected chi connectivity index (χ3v) is 1.41. The Morgan fingerprint density at radius 2 is 2.08 bits per heavy atom. The lowest BCUT2D eigenvalue weighted by atomic mass is 10.3. The highest BCUT2D eigenvalue weighted by atomic mass is 19.4. The molecule has 74 valence electrons. The first-order valence-electron chi connectivity index (χ1n) is 3.63. The van der Waals surface area contributed by atoms with E-state index < -0.39 is 11.9 Å². The van der Waals surface area contributed by atoms with Crippen molar-refractivity contribution in [3.63, 3.8) is 0 Å². The average Bonchev–Trinajstić information content (AvgIpc) is 2.30. The van der Waals surface area contributed by atoms with Gasteiger partial charge in [0.2, 0.25) is 5.76 Å². The molecule has 0 aliphatic carbocycles. The first-order valence-corrected chi connectivity index (χ1v) is 3.63. The van der Waals surface area contributed by atoms with Gasteiger partial charge in [-0.2, -0.15) is 13.2 Å². The molecule has 0 amide bonds. The minimum absolute atomic E-state index is 0.0255. The normalized spacial score (nSPS) is 12.1. The lowest BCUT2D eigenvalue weighted by molar-refractivity contribution is -0.154. The average molecular weight is 194 g/mol. The molecule has 13 heavy (non-hydrogen) atoms. The van der Waals surface area contributed by atoms with Crippen LogP contribution in [0.15, 0.2) is 4.42 Å². The molecular formula is C7H9F3N2O. The van der Waals surface area contributed by atoms with Crippen LogP contribution in [0.1, 0.15) is 17.3 Å². The molecule has 0 saturated heterocycles. The van der Waals surface area contributed by atoms with Crippen molar-refractivity contribution in [3.8, 4) is 0 Å². The molecule has 0 radical (unpaired) electrons. The van der Waals surface area contributed by atoms with E-state index in [0.29, 0.717) is 0 Å². The molecule has 0 fully saturated rings. The topological polar surface area (TPSA) is 38.1 Å². The quantitative estimate of drug-likeness (QED) is 0.778. The smallest absolute Gasteiger partial charge is 0.436 e. The number of alkyl halides is 3. The first kappa shape index (κ1) is 10.0. The number of rotatable bonds is 2. The summed E-state index contributed by atoms with van der Waals surface area (Å²) in [6, 6.07) is 0. The fraction of sp³-hybridized carbons (Fsp3) is 0.571. The molecule has 3 nitrogen and oxygen atoms in total. The van der Waals surface area contributed by atoms with Crippen molar-refractivity contribution >= 4 is 0 Å². The molecule has 6 heteroatoms. The summed E-state index contributed by atoms with van der Waals surface area (Å²) in [5, 5.41) is 2.59. The van der Waals surface area contributed by atoms with Gasteiger partial charge in [0, 0.05) is 13.5 Å². The zero-order chi connectivity index (χ0) is 10.1. The van der Waals surface area contributed by atoms with Crippen LogP contribution >= 0.6 is 0 Å². The van der Waals surface area contributed by atoms with Crippen LogP contribution in [0.3, 0.4) is 0 Å². The largest absolute Gasteiger partial charge is 0.451 e. The van der Waals surface area contributed by atoms with Crippen molar-refractivity contribution in [1.82, 2.24) is 10.3 Å². The van der Waals surface area contributed by atoms with Crippen molar-refractivity contribution in [1.29, 1.82) is 0 Å². The molecule has 0 unspecified atom stereocenters. The number of hydrogen-bond acceptors (Lipinski definition) is 3. The number of halogens is 3. The summed E-state index contributed by atoms with van der Waals surface area (Å²) in [6.45, 7) is 1.43. The maximum absolute atomic E-state index is 12.2. The Morgan fingerprint density at radius 3 is 2.54 bits per heavy atom. The number of nitrogens with zero attached hydrogens (tertiary/aromatic N) is 1. The molecule has 0 spiro atoms. The van der Waals surface area contributed by atoms with Crippen LogP contribution in [-0.2, 0) is 12.7 Å². The number of aryl methyl sites for hydroxylation is 1.